The molecule has 0 unspecified atom stereocenters. The highest BCUT2D eigenvalue weighted by Gasteiger charge is 2.44. The first-order chi connectivity index (χ1) is 15.1. The Hall–Kier alpha value is -3.20. The Kier molecular flexibility index (Phi) is 5.19. The van der Waals surface area contributed by atoms with Crippen molar-refractivity contribution in [3.05, 3.63) is 120 Å². The largest absolute Gasteiger partial charge is 0.339 e. The van der Waals surface area contributed by atoms with Gasteiger partial charge >= 0.3 is 0 Å². The first kappa shape index (κ1) is 19.7. The van der Waals surface area contributed by atoms with E-state index in [-0.39, 0.29) is 12.2 Å². The molecule has 0 bridgehead atoms. The summed E-state index contributed by atoms with van der Waals surface area (Å²) in [5, 5.41) is 0. The van der Waals surface area contributed by atoms with Gasteiger partial charge in [0.1, 0.15) is 12.2 Å². The van der Waals surface area contributed by atoms with Crippen LogP contribution in [0.5, 0.6) is 0 Å². The lowest BCUT2D eigenvalue weighted by molar-refractivity contribution is -0.147. The number of hydrogen-bond acceptors (Lipinski definition) is 2. The number of rotatable bonds is 4. The molecule has 2 heteroatoms. The lowest BCUT2D eigenvalue weighted by Gasteiger charge is -2.23. The van der Waals surface area contributed by atoms with E-state index in [1.165, 1.54) is 22.3 Å². The smallest absolute Gasteiger partial charge is 0.164 e. The van der Waals surface area contributed by atoms with Crippen LogP contribution in [-0.2, 0) is 9.47 Å². The van der Waals surface area contributed by atoms with Crippen LogP contribution in [0, 0.1) is 0 Å². The molecule has 1 fully saturated rings. The Morgan fingerprint density at radius 1 is 0.484 bits per heavy atom. The molecule has 1 heterocycles. The Bertz CT molecular complexity index is 1070. The molecule has 0 amide bonds. The van der Waals surface area contributed by atoms with Crippen molar-refractivity contribution in [2.24, 2.45) is 0 Å². The summed E-state index contributed by atoms with van der Waals surface area (Å²) in [5.41, 5.74) is 7.01. The van der Waals surface area contributed by atoms with E-state index in [9.17, 15) is 0 Å². The molecule has 0 spiro atoms. The second kappa shape index (κ2) is 8.14. The zero-order valence-electron chi connectivity index (χ0n) is 17.9. The predicted octanol–water partition coefficient (Wildman–Crippen LogP) is 7.59. The van der Waals surface area contributed by atoms with Gasteiger partial charge in [-0.1, -0.05) is 109 Å². The molecule has 154 valence electrons. The summed E-state index contributed by atoms with van der Waals surface area (Å²) in [6.45, 7) is 3.99. The van der Waals surface area contributed by atoms with Crippen LogP contribution in [0.4, 0.5) is 0 Å². The maximum atomic E-state index is 6.53. The van der Waals surface area contributed by atoms with Gasteiger partial charge in [0, 0.05) is 0 Å². The fourth-order valence-electron chi connectivity index (χ4n) is 4.47. The zero-order valence-corrected chi connectivity index (χ0v) is 17.9. The molecule has 1 aliphatic heterocycles. The van der Waals surface area contributed by atoms with E-state index in [0.29, 0.717) is 0 Å². The fraction of sp³-hybridized carbons (Fsp3) is 0.172. The third-order valence-electron chi connectivity index (χ3n) is 5.80. The van der Waals surface area contributed by atoms with Crippen LogP contribution in [0.3, 0.4) is 0 Å². The van der Waals surface area contributed by atoms with Gasteiger partial charge in [-0.05, 0) is 47.2 Å². The zero-order chi connectivity index (χ0) is 21.3. The van der Waals surface area contributed by atoms with Gasteiger partial charge in [-0.15, -0.1) is 0 Å². The van der Waals surface area contributed by atoms with Crippen LogP contribution in [0.15, 0.2) is 109 Å². The van der Waals surface area contributed by atoms with Gasteiger partial charge in [-0.2, -0.15) is 0 Å². The molecule has 0 N–H and O–H groups in total. The van der Waals surface area contributed by atoms with E-state index in [0.717, 1.165) is 11.1 Å². The highest BCUT2D eigenvalue weighted by molar-refractivity contribution is 5.70. The van der Waals surface area contributed by atoms with Crippen LogP contribution in [-0.4, -0.2) is 5.79 Å². The number of benzene rings is 4. The van der Waals surface area contributed by atoms with Crippen LogP contribution >= 0.6 is 0 Å². The normalized spacial score (nSPS) is 19.9. The van der Waals surface area contributed by atoms with Crippen molar-refractivity contribution < 1.29 is 9.47 Å². The number of hydrogen-bond donors (Lipinski definition) is 0. The maximum Gasteiger partial charge on any atom is 0.164 e. The quantitative estimate of drug-likeness (QED) is 0.348. The van der Waals surface area contributed by atoms with Crippen LogP contribution in [0.25, 0.3) is 22.3 Å². The molecule has 0 aliphatic carbocycles. The van der Waals surface area contributed by atoms with Crippen molar-refractivity contribution in [2.45, 2.75) is 31.8 Å². The van der Waals surface area contributed by atoms with E-state index < -0.39 is 5.79 Å². The summed E-state index contributed by atoms with van der Waals surface area (Å²) >= 11 is 0. The minimum Gasteiger partial charge on any atom is -0.339 e. The predicted molar refractivity (Wildman–Crippen MR) is 125 cm³/mol. The summed E-state index contributed by atoms with van der Waals surface area (Å²) in [6, 6.07) is 38.0. The third-order valence-corrected chi connectivity index (χ3v) is 5.80. The second-order valence-corrected chi connectivity index (χ2v) is 8.38. The van der Waals surface area contributed by atoms with Gasteiger partial charge in [0.25, 0.3) is 0 Å². The van der Waals surface area contributed by atoms with E-state index >= 15 is 0 Å². The molecule has 1 saturated heterocycles. The van der Waals surface area contributed by atoms with Crippen LogP contribution in [0.2, 0.25) is 0 Å². The highest BCUT2D eigenvalue weighted by Crippen LogP contribution is 2.50. The molecule has 0 radical (unpaired) electrons. The maximum absolute atomic E-state index is 6.53. The third kappa shape index (κ3) is 3.93. The standard InChI is InChI=1S/C29H26O2/c1-29(2)30-27(25-19-11-9-17-23(25)21-13-5-3-6-14-21)28(31-29)26-20-12-10-18-24(26)22-15-7-4-8-16-22/h3-20,27-28H,1-2H3/t27-,28-/m1/s1. The summed E-state index contributed by atoms with van der Waals surface area (Å²) in [4.78, 5) is 0. The molecular formula is C29H26O2. The van der Waals surface area contributed by atoms with Gasteiger partial charge in [0.2, 0.25) is 0 Å². The van der Waals surface area contributed by atoms with E-state index in [1.807, 2.05) is 26.0 Å². The summed E-state index contributed by atoms with van der Waals surface area (Å²) < 4.78 is 13.1. The van der Waals surface area contributed by atoms with Crippen LogP contribution in [0.1, 0.15) is 37.2 Å². The van der Waals surface area contributed by atoms with Crippen molar-refractivity contribution in [2.75, 3.05) is 0 Å². The lowest BCUT2D eigenvalue weighted by Crippen LogP contribution is -2.20. The molecule has 0 aromatic heterocycles. The molecule has 0 saturated carbocycles. The lowest BCUT2D eigenvalue weighted by atomic mass is 9.88. The van der Waals surface area contributed by atoms with Crippen molar-refractivity contribution >= 4 is 0 Å². The molecule has 1 aliphatic rings. The van der Waals surface area contributed by atoms with E-state index in [2.05, 4.69) is 97.1 Å². The van der Waals surface area contributed by atoms with Gasteiger partial charge in [0.05, 0.1) is 0 Å². The van der Waals surface area contributed by atoms with Crippen molar-refractivity contribution in [3.63, 3.8) is 0 Å². The molecule has 4 aromatic carbocycles. The van der Waals surface area contributed by atoms with E-state index in [1.54, 1.807) is 0 Å². The highest BCUT2D eigenvalue weighted by atomic mass is 16.7. The van der Waals surface area contributed by atoms with Crippen molar-refractivity contribution in [3.8, 4) is 22.3 Å². The molecule has 5 rings (SSSR count). The summed E-state index contributed by atoms with van der Waals surface area (Å²) in [6.07, 6.45) is -0.424. The van der Waals surface area contributed by atoms with Crippen LogP contribution < -0.4 is 0 Å². The first-order valence-electron chi connectivity index (χ1n) is 10.8. The van der Waals surface area contributed by atoms with Gasteiger partial charge < -0.3 is 9.47 Å². The van der Waals surface area contributed by atoms with Gasteiger partial charge in [-0.3, -0.25) is 0 Å². The summed E-state index contributed by atoms with van der Waals surface area (Å²) in [7, 11) is 0. The van der Waals surface area contributed by atoms with Gasteiger partial charge in [-0.25, -0.2) is 0 Å². The minimum absolute atomic E-state index is 0.212. The Balaban J connectivity index is 1.64. The number of ether oxygens (including phenoxy) is 2. The molecule has 4 aromatic rings. The summed E-state index contributed by atoms with van der Waals surface area (Å²) in [5.74, 6) is -0.678. The monoisotopic (exact) mass is 406 g/mol. The Morgan fingerprint density at radius 3 is 1.26 bits per heavy atom. The average molecular weight is 407 g/mol. The first-order valence-corrected chi connectivity index (χ1v) is 10.8. The average Bonchev–Trinajstić information content (AvgIpc) is 3.15. The minimum atomic E-state index is -0.678. The Labute approximate surface area is 184 Å². The molecular weight excluding hydrogens is 380 g/mol. The Morgan fingerprint density at radius 2 is 0.839 bits per heavy atom. The van der Waals surface area contributed by atoms with E-state index in [4.69, 9.17) is 9.47 Å². The topological polar surface area (TPSA) is 18.5 Å². The van der Waals surface area contributed by atoms with Crippen molar-refractivity contribution in [1.82, 2.24) is 0 Å². The van der Waals surface area contributed by atoms with Gasteiger partial charge in [0.15, 0.2) is 5.79 Å². The fourth-order valence-corrected chi connectivity index (χ4v) is 4.47. The molecule has 31 heavy (non-hydrogen) atoms. The molecule has 2 nitrogen and oxygen atoms in total. The van der Waals surface area contributed by atoms with Crippen molar-refractivity contribution in [1.29, 1.82) is 0 Å². The second-order valence-electron chi connectivity index (χ2n) is 8.38. The molecule has 2 atom stereocenters. The SMILES string of the molecule is CC1(C)O[C@H](c2ccccc2-c2ccccc2)[C@@H](c2ccccc2-c2ccccc2)O1.